The third kappa shape index (κ3) is 2.80. The third-order valence-electron chi connectivity index (χ3n) is 2.72. The lowest BCUT2D eigenvalue weighted by atomic mass is 10.1. The van der Waals surface area contributed by atoms with Crippen LogP contribution in [0.1, 0.15) is 40.0 Å². The van der Waals surface area contributed by atoms with E-state index in [-0.39, 0.29) is 6.04 Å². The number of carbonyl (C=O) groups excluding carboxylic acids is 1. The van der Waals surface area contributed by atoms with Crippen molar-refractivity contribution in [1.29, 1.82) is 0 Å². The zero-order valence-corrected chi connectivity index (χ0v) is 9.05. The van der Waals surface area contributed by atoms with Crippen LogP contribution < -0.4 is 0 Å². The Labute approximate surface area is 81.3 Å². The summed E-state index contributed by atoms with van der Waals surface area (Å²) in [4.78, 5) is 13.8. The van der Waals surface area contributed by atoms with Crippen molar-refractivity contribution < 1.29 is 4.79 Å². The molecule has 1 atom stereocenters. The molecule has 1 aliphatic carbocycles. The Hall–Kier alpha value is -0.370. The van der Waals surface area contributed by atoms with Crippen LogP contribution in [-0.2, 0) is 4.79 Å². The summed E-state index contributed by atoms with van der Waals surface area (Å²) < 4.78 is 0. The normalized spacial score (nSPS) is 23.5. The number of hydrogen-bond acceptors (Lipinski definition) is 2. The van der Waals surface area contributed by atoms with Crippen LogP contribution in [0.4, 0.5) is 0 Å². The second-order valence-electron chi connectivity index (χ2n) is 4.36. The SMILES string of the molecule is CCN(CC(C)C)C1CCCC1=O. The monoisotopic (exact) mass is 183 g/mol. The molecule has 0 saturated heterocycles. The van der Waals surface area contributed by atoms with Crippen molar-refractivity contribution in [2.75, 3.05) is 13.1 Å². The summed E-state index contributed by atoms with van der Waals surface area (Å²) >= 11 is 0. The largest absolute Gasteiger partial charge is 0.298 e. The summed E-state index contributed by atoms with van der Waals surface area (Å²) in [6.07, 6.45) is 2.98. The number of Topliss-reactive ketones (excluding diaryl/α,β-unsaturated/α-hetero) is 1. The topological polar surface area (TPSA) is 20.3 Å². The van der Waals surface area contributed by atoms with E-state index >= 15 is 0 Å². The van der Waals surface area contributed by atoms with Crippen LogP contribution >= 0.6 is 0 Å². The molecule has 0 aromatic carbocycles. The first-order valence-electron chi connectivity index (χ1n) is 5.42. The summed E-state index contributed by atoms with van der Waals surface area (Å²) in [6, 6.07) is 0.243. The molecule has 13 heavy (non-hydrogen) atoms. The fraction of sp³-hybridized carbons (Fsp3) is 0.909. The minimum atomic E-state index is 0.243. The molecule has 2 heteroatoms. The van der Waals surface area contributed by atoms with Gasteiger partial charge in [0.15, 0.2) is 0 Å². The molecule has 2 nitrogen and oxygen atoms in total. The van der Waals surface area contributed by atoms with Crippen molar-refractivity contribution in [2.45, 2.75) is 46.1 Å². The van der Waals surface area contributed by atoms with Crippen LogP contribution in [0, 0.1) is 5.92 Å². The van der Waals surface area contributed by atoms with Crippen LogP contribution in [-0.4, -0.2) is 29.8 Å². The highest BCUT2D eigenvalue weighted by Gasteiger charge is 2.29. The molecule has 1 rings (SSSR count). The maximum absolute atomic E-state index is 11.5. The molecule has 0 N–H and O–H groups in total. The number of likely N-dealkylation sites (N-methyl/N-ethyl adjacent to an activating group) is 1. The Morgan fingerprint density at radius 2 is 2.23 bits per heavy atom. The molecule has 1 fully saturated rings. The van der Waals surface area contributed by atoms with Gasteiger partial charge in [-0.25, -0.2) is 0 Å². The van der Waals surface area contributed by atoms with E-state index in [0.717, 1.165) is 32.4 Å². The summed E-state index contributed by atoms with van der Waals surface area (Å²) in [5, 5.41) is 0. The smallest absolute Gasteiger partial charge is 0.149 e. The zero-order chi connectivity index (χ0) is 9.84. The number of hydrogen-bond donors (Lipinski definition) is 0. The van der Waals surface area contributed by atoms with Crippen molar-refractivity contribution in [1.82, 2.24) is 4.90 Å². The molecule has 1 unspecified atom stereocenters. The molecule has 0 radical (unpaired) electrons. The fourth-order valence-corrected chi connectivity index (χ4v) is 2.13. The Morgan fingerprint density at radius 3 is 2.62 bits per heavy atom. The van der Waals surface area contributed by atoms with E-state index in [1.807, 2.05) is 0 Å². The van der Waals surface area contributed by atoms with Gasteiger partial charge in [-0.1, -0.05) is 20.8 Å². The minimum Gasteiger partial charge on any atom is -0.298 e. The second-order valence-corrected chi connectivity index (χ2v) is 4.36. The van der Waals surface area contributed by atoms with E-state index in [1.54, 1.807) is 0 Å². The van der Waals surface area contributed by atoms with E-state index in [4.69, 9.17) is 0 Å². The number of rotatable bonds is 4. The van der Waals surface area contributed by atoms with Crippen LogP contribution in [0.5, 0.6) is 0 Å². The van der Waals surface area contributed by atoms with Crippen molar-refractivity contribution in [3.05, 3.63) is 0 Å². The quantitative estimate of drug-likeness (QED) is 0.665. The van der Waals surface area contributed by atoms with Gasteiger partial charge >= 0.3 is 0 Å². The highest BCUT2D eigenvalue weighted by atomic mass is 16.1. The molecule has 0 aromatic heterocycles. The first-order chi connectivity index (χ1) is 6.15. The molecule has 0 aliphatic heterocycles. The molecule has 1 saturated carbocycles. The van der Waals surface area contributed by atoms with E-state index in [1.165, 1.54) is 0 Å². The van der Waals surface area contributed by atoms with Gasteiger partial charge in [0.05, 0.1) is 6.04 Å². The molecule has 0 heterocycles. The van der Waals surface area contributed by atoms with E-state index in [0.29, 0.717) is 11.7 Å². The van der Waals surface area contributed by atoms with E-state index in [9.17, 15) is 4.79 Å². The molecule has 0 bridgehead atoms. The van der Waals surface area contributed by atoms with Gasteiger partial charge in [-0.3, -0.25) is 9.69 Å². The van der Waals surface area contributed by atoms with Gasteiger partial charge < -0.3 is 0 Å². The third-order valence-corrected chi connectivity index (χ3v) is 2.72. The fourth-order valence-electron chi connectivity index (χ4n) is 2.13. The van der Waals surface area contributed by atoms with Gasteiger partial charge in [-0.15, -0.1) is 0 Å². The maximum Gasteiger partial charge on any atom is 0.149 e. The van der Waals surface area contributed by atoms with Crippen molar-refractivity contribution in [2.24, 2.45) is 5.92 Å². The van der Waals surface area contributed by atoms with Crippen LogP contribution in [0.3, 0.4) is 0 Å². The average molecular weight is 183 g/mol. The van der Waals surface area contributed by atoms with Gasteiger partial charge in [-0.05, 0) is 25.3 Å². The molecular weight excluding hydrogens is 162 g/mol. The van der Waals surface area contributed by atoms with Gasteiger partial charge in [0.1, 0.15) is 5.78 Å². The van der Waals surface area contributed by atoms with Crippen molar-refractivity contribution in [3.8, 4) is 0 Å². The number of ketones is 1. The average Bonchev–Trinajstić information content (AvgIpc) is 2.47. The molecular formula is C11H21NO. The molecule has 0 aromatic rings. The molecule has 0 spiro atoms. The second kappa shape index (κ2) is 4.75. The van der Waals surface area contributed by atoms with E-state index < -0.39 is 0 Å². The minimum absolute atomic E-state index is 0.243. The first-order valence-corrected chi connectivity index (χ1v) is 5.42. The standard InChI is InChI=1S/C11H21NO/c1-4-12(8-9(2)3)10-6-5-7-11(10)13/h9-10H,4-8H2,1-3H3. The van der Waals surface area contributed by atoms with Crippen molar-refractivity contribution >= 4 is 5.78 Å². The molecule has 0 amide bonds. The van der Waals surface area contributed by atoms with E-state index in [2.05, 4.69) is 25.7 Å². The summed E-state index contributed by atoms with van der Waals surface area (Å²) in [5.41, 5.74) is 0. The Morgan fingerprint density at radius 1 is 1.54 bits per heavy atom. The number of carbonyl (C=O) groups is 1. The van der Waals surface area contributed by atoms with Gasteiger partial charge in [0, 0.05) is 13.0 Å². The Balaban J connectivity index is 2.49. The zero-order valence-electron chi connectivity index (χ0n) is 9.05. The predicted octanol–water partition coefficient (Wildman–Crippen LogP) is 2.09. The van der Waals surface area contributed by atoms with Crippen LogP contribution in [0.2, 0.25) is 0 Å². The summed E-state index contributed by atoms with van der Waals surface area (Å²) in [6.45, 7) is 8.64. The van der Waals surface area contributed by atoms with Crippen molar-refractivity contribution in [3.63, 3.8) is 0 Å². The van der Waals surface area contributed by atoms with Gasteiger partial charge in [-0.2, -0.15) is 0 Å². The lowest BCUT2D eigenvalue weighted by Crippen LogP contribution is -2.40. The van der Waals surface area contributed by atoms with Crippen LogP contribution in [0.25, 0.3) is 0 Å². The Kier molecular flexibility index (Phi) is 3.91. The molecule has 1 aliphatic rings. The highest BCUT2D eigenvalue weighted by molar-refractivity contribution is 5.85. The van der Waals surface area contributed by atoms with Gasteiger partial charge in [0.2, 0.25) is 0 Å². The lowest BCUT2D eigenvalue weighted by molar-refractivity contribution is -0.122. The van der Waals surface area contributed by atoms with Crippen LogP contribution in [0.15, 0.2) is 0 Å². The maximum atomic E-state index is 11.5. The number of nitrogens with zero attached hydrogens (tertiary/aromatic N) is 1. The summed E-state index contributed by atoms with van der Waals surface area (Å²) in [7, 11) is 0. The Bertz CT molecular complexity index is 177. The summed E-state index contributed by atoms with van der Waals surface area (Å²) in [5.74, 6) is 1.12. The van der Waals surface area contributed by atoms with Gasteiger partial charge in [0.25, 0.3) is 0 Å². The highest BCUT2D eigenvalue weighted by Crippen LogP contribution is 2.20. The lowest BCUT2D eigenvalue weighted by Gasteiger charge is -2.27. The first kappa shape index (κ1) is 10.7. The molecule has 76 valence electrons. The predicted molar refractivity (Wildman–Crippen MR) is 54.7 cm³/mol.